The van der Waals surface area contributed by atoms with Crippen LogP contribution in [-0.2, 0) is 0 Å². The molecular weight excluding hydrogens is 240 g/mol. The lowest BCUT2D eigenvalue weighted by Crippen LogP contribution is -2.18. The van der Waals surface area contributed by atoms with Crippen molar-refractivity contribution in [3.63, 3.8) is 0 Å². The van der Waals surface area contributed by atoms with Gasteiger partial charge in [0, 0.05) is 0 Å². The van der Waals surface area contributed by atoms with Gasteiger partial charge in [-0.15, -0.1) is 0 Å². The monoisotopic (exact) mass is 256 g/mol. The molecule has 0 atom stereocenters. The van der Waals surface area contributed by atoms with E-state index in [1.807, 2.05) is 26.0 Å². The van der Waals surface area contributed by atoms with E-state index in [0.29, 0.717) is 5.92 Å². The van der Waals surface area contributed by atoms with Crippen LogP contribution in [0.25, 0.3) is 0 Å². The Morgan fingerprint density at radius 2 is 1.93 bits per heavy atom. The van der Waals surface area contributed by atoms with Gasteiger partial charge in [0.05, 0.1) is 0 Å². The third-order valence-corrected chi connectivity index (χ3v) is 2.05. The predicted molar refractivity (Wildman–Crippen MR) is 64.2 cm³/mol. The number of halogens is 1. The summed E-state index contributed by atoms with van der Waals surface area (Å²) in [6, 6.07) is 8.23. The normalized spacial score (nSPS) is 11.9. The molecule has 14 heavy (non-hydrogen) atoms. The topological polar surface area (TPSA) is 9.23 Å². The molecule has 2 heteroatoms. The summed E-state index contributed by atoms with van der Waals surface area (Å²) in [5, 5.41) is 0. The molecule has 0 amide bonds. The van der Waals surface area contributed by atoms with Gasteiger partial charge in [0.2, 0.25) is 0 Å². The van der Waals surface area contributed by atoms with Crippen molar-refractivity contribution in [3.8, 4) is 5.75 Å². The van der Waals surface area contributed by atoms with E-state index in [0.717, 1.165) is 5.75 Å². The minimum absolute atomic E-state index is 0.303. The molecule has 0 saturated carbocycles. The van der Waals surface area contributed by atoms with Gasteiger partial charge in [-0.25, -0.2) is 0 Å². The van der Waals surface area contributed by atoms with Gasteiger partial charge in [-0.05, 0) is 53.4 Å². The van der Waals surface area contributed by atoms with Gasteiger partial charge in [-0.1, -0.05) is 26.0 Å². The van der Waals surface area contributed by atoms with Crippen LogP contribution < -0.4 is 4.74 Å². The van der Waals surface area contributed by atoms with E-state index in [1.165, 1.54) is 5.56 Å². The molecule has 1 nitrogen and oxygen atoms in total. The van der Waals surface area contributed by atoms with Crippen molar-refractivity contribution < 1.29 is 4.74 Å². The van der Waals surface area contributed by atoms with E-state index in [1.54, 1.807) is 0 Å². The lowest BCUT2D eigenvalue weighted by atomic mass is 10.0. The van der Waals surface area contributed by atoms with Gasteiger partial charge >= 0.3 is 0 Å². The molecule has 1 rings (SSSR count). The molecule has 1 aromatic carbocycles. The molecule has 0 radical (unpaired) electrons. The molecule has 1 aromatic rings. The first-order valence-corrected chi connectivity index (χ1v) is 5.65. The zero-order chi connectivity index (χ0) is 10.8. The van der Waals surface area contributed by atoms with Crippen molar-refractivity contribution in [1.29, 1.82) is 0 Å². The summed E-state index contributed by atoms with van der Waals surface area (Å²) in [4.78, 5) is 0. The molecule has 0 fully saturated rings. The van der Waals surface area contributed by atoms with E-state index < -0.39 is 0 Å². The lowest BCUT2D eigenvalue weighted by Gasteiger charge is -2.20. The molecular formula is C12H17BrO. The second-order valence-electron chi connectivity index (χ2n) is 4.19. The number of hydrogen-bond acceptors (Lipinski definition) is 1. The molecule has 0 aromatic heterocycles. The zero-order valence-electron chi connectivity index (χ0n) is 9.17. The first-order chi connectivity index (χ1) is 6.38. The highest BCUT2D eigenvalue weighted by Crippen LogP contribution is 2.26. The highest BCUT2D eigenvalue weighted by molar-refractivity contribution is 9.10. The SMILES string of the molecule is CC(C)c1cccc(OC(C)(C)Br)c1. The Labute approximate surface area is 94.6 Å². The molecule has 0 saturated heterocycles. The van der Waals surface area contributed by atoms with E-state index in [9.17, 15) is 0 Å². The van der Waals surface area contributed by atoms with E-state index in [-0.39, 0.29) is 4.51 Å². The lowest BCUT2D eigenvalue weighted by molar-refractivity contribution is 0.214. The fraction of sp³-hybridized carbons (Fsp3) is 0.500. The smallest absolute Gasteiger partial charge is 0.157 e. The molecule has 0 bridgehead atoms. The minimum atomic E-state index is -0.303. The van der Waals surface area contributed by atoms with Crippen molar-refractivity contribution in [3.05, 3.63) is 29.8 Å². The fourth-order valence-electron chi connectivity index (χ4n) is 1.22. The van der Waals surface area contributed by atoms with Gasteiger partial charge in [-0.3, -0.25) is 0 Å². The third kappa shape index (κ3) is 3.70. The molecule has 0 aliphatic carbocycles. The van der Waals surface area contributed by atoms with Gasteiger partial charge in [0.1, 0.15) is 5.75 Å². The summed E-state index contributed by atoms with van der Waals surface area (Å²) in [5.74, 6) is 1.45. The summed E-state index contributed by atoms with van der Waals surface area (Å²) in [5.41, 5.74) is 1.30. The van der Waals surface area contributed by atoms with Crippen LogP contribution in [0.3, 0.4) is 0 Å². The molecule has 0 spiro atoms. The van der Waals surface area contributed by atoms with E-state index in [2.05, 4.69) is 41.9 Å². The highest BCUT2D eigenvalue weighted by Gasteiger charge is 2.14. The van der Waals surface area contributed by atoms with Crippen LogP contribution in [0.15, 0.2) is 24.3 Å². The highest BCUT2D eigenvalue weighted by atomic mass is 79.9. The van der Waals surface area contributed by atoms with Gasteiger partial charge in [0.15, 0.2) is 4.51 Å². The number of rotatable bonds is 3. The van der Waals surface area contributed by atoms with E-state index in [4.69, 9.17) is 4.74 Å². The quantitative estimate of drug-likeness (QED) is 0.733. The summed E-state index contributed by atoms with van der Waals surface area (Å²) in [7, 11) is 0. The largest absolute Gasteiger partial charge is 0.477 e. The van der Waals surface area contributed by atoms with Crippen LogP contribution in [0.5, 0.6) is 5.75 Å². The Hall–Kier alpha value is -0.500. The van der Waals surface area contributed by atoms with Crippen molar-refractivity contribution in [2.24, 2.45) is 0 Å². The number of alkyl halides is 1. The summed E-state index contributed by atoms with van der Waals surface area (Å²) in [6.45, 7) is 8.32. The first-order valence-electron chi connectivity index (χ1n) is 4.86. The maximum Gasteiger partial charge on any atom is 0.157 e. The van der Waals surface area contributed by atoms with Crippen LogP contribution in [0.4, 0.5) is 0 Å². The molecule has 0 unspecified atom stereocenters. The van der Waals surface area contributed by atoms with Crippen molar-refractivity contribution in [2.45, 2.75) is 38.1 Å². The second-order valence-corrected chi connectivity index (χ2v) is 6.10. The van der Waals surface area contributed by atoms with E-state index >= 15 is 0 Å². The molecule has 78 valence electrons. The predicted octanol–water partition coefficient (Wildman–Crippen LogP) is 4.32. The van der Waals surface area contributed by atoms with Gasteiger partial charge in [0.25, 0.3) is 0 Å². The van der Waals surface area contributed by atoms with Crippen LogP contribution in [0, 0.1) is 0 Å². The van der Waals surface area contributed by atoms with Crippen molar-refractivity contribution in [2.75, 3.05) is 0 Å². The van der Waals surface area contributed by atoms with Gasteiger partial charge in [-0.2, -0.15) is 0 Å². The maximum absolute atomic E-state index is 5.71. The van der Waals surface area contributed by atoms with Crippen molar-refractivity contribution >= 4 is 15.9 Å². The Balaban J connectivity index is 2.84. The van der Waals surface area contributed by atoms with Crippen molar-refractivity contribution in [1.82, 2.24) is 0 Å². The Morgan fingerprint density at radius 1 is 1.29 bits per heavy atom. The molecule has 0 aliphatic rings. The standard InChI is InChI=1S/C12H17BrO/c1-9(2)10-6-5-7-11(8-10)14-12(3,4)13/h5-9H,1-4H3. The minimum Gasteiger partial charge on any atom is -0.477 e. The third-order valence-electron chi connectivity index (χ3n) is 1.89. The van der Waals surface area contributed by atoms with Crippen LogP contribution in [0.2, 0.25) is 0 Å². The van der Waals surface area contributed by atoms with Gasteiger partial charge < -0.3 is 4.74 Å². The molecule has 0 N–H and O–H groups in total. The van der Waals surface area contributed by atoms with Crippen LogP contribution >= 0.6 is 15.9 Å². The summed E-state index contributed by atoms with van der Waals surface area (Å²) in [6.07, 6.45) is 0. The molecule has 0 heterocycles. The molecule has 0 aliphatic heterocycles. The number of ether oxygens (including phenoxy) is 1. The zero-order valence-corrected chi connectivity index (χ0v) is 10.8. The number of hydrogen-bond donors (Lipinski definition) is 0. The average Bonchev–Trinajstić information content (AvgIpc) is 2.01. The first kappa shape index (κ1) is 11.6. The Kier molecular flexibility index (Phi) is 3.59. The summed E-state index contributed by atoms with van der Waals surface area (Å²) < 4.78 is 5.41. The fourth-order valence-corrected chi connectivity index (χ4v) is 1.40. The maximum atomic E-state index is 5.71. The van der Waals surface area contributed by atoms with Crippen LogP contribution in [-0.4, -0.2) is 4.51 Å². The summed E-state index contributed by atoms with van der Waals surface area (Å²) >= 11 is 3.45. The Morgan fingerprint density at radius 3 is 2.43 bits per heavy atom. The second kappa shape index (κ2) is 4.35. The van der Waals surface area contributed by atoms with Crippen LogP contribution in [0.1, 0.15) is 39.2 Å². The average molecular weight is 257 g/mol. The number of benzene rings is 1. The Bertz CT molecular complexity index is 299.